The molecule has 0 unspecified atom stereocenters. The molecule has 3 rings (SSSR count). The van der Waals surface area contributed by atoms with Crippen LogP contribution in [0.2, 0.25) is 0 Å². The smallest absolute Gasteiger partial charge is 0.258 e. The Balaban J connectivity index is 1.90. The zero-order chi connectivity index (χ0) is 18.0. The van der Waals surface area contributed by atoms with Crippen LogP contribution in [-0.4, -0.2) is 18.3 Å². The van der Waals surface area contributed by atoms with Gasteiger partial charge in [0.25, 0.3) is 15.7 Å². The van der Waals surface area contributed by atoms with E-state index in [4.69, 9.17) is 0 Å². The van der Waals surface area contributed by atoms with Crippen LogP contribution in [0.4, 0.5) is 10.8 Å². The van der Waals surface area contributed by atoms with Gasteiger partial charge in [-0.15, -0.1) is 11.3 Å². The van der Waals surface area contributed by atoms with Gasteiger partial charge in [0, 0.05) is 17.0 Å². The topological polar surface area (TPSA) is 102 Å². The predicted molar refractivity (Wildman–Crippen MR) is 96.2 cm³/mol. The average Bonchev–Trinajstić information content (AvgIpc) is 3.03. The molecule has 1 aromatic heterocycles. The number of nitrogens with zero attached hydrogens (tertiary/aromatic N) is 2. The largest absolute Gasteiger partial charge is 0.289 e. The van der Waals surface area contributed by atoms with Crippen LogP contribution < -0.4 is 4.72 Å². The third kappa shape index (κ3) is 3.67. The first-order valence-corrected chi connectivity index (χ1v) is 9.52. The maximum atomic E-state index is 12.5. The number of sulfonamides is 1. The van der Waals surface area contributed by atoms with Gasteiger partial charge < -0.3 is 0 Å². The van der Waals surface area contributed by atoms with Crippen LogP contribution in [-0.2, 0) is 10.0 Å². The Kier molecular flexibility index (Phi) is 4.51. The van der Waals surface area contributed by atoms with E-state index >= 15 is 0 Å². The van der Waals surface area contributed by atoms with Crippen LogP contribution in [0.5, 0.6) is 0 Å². The van der Waals surface area contributed by atoms with E-state index in [-0.39, 0.29) is 5.13 Å². The molecule has 0 bridgehead atoms. The first-order chi connectivity index (χ1) is 11.9. The minimum absolute atomic E-state index is 0.147. The highest BCUT2D eigenvalue weighted by atomic mass is 32.2. The van der Waals surface area contributed by atoms with Gasteiger partial charge in [-0.05, 0) is 13.0 Å². The molecule has 128 valence electrons. The third-order valence-electron chi connectivity index (χ3n) is 3.42. The van der Waals surface area contributed by atoms with E-state index in [0.29, 0.717) is 5.69 Å². The van der Waals surface area contributed by atoms with Gasteiger partial charge in [0.1, 0.15) is 0 Å². The number of hydrogen-bond donors (Lipinski definition) is 1. The zero-order valence-electron chi connectivity index (χ0n) is 13.0. The summed E-state index contributed by atoms with van der Waals surface area (Å²) in [5, 5.41) is 12.9. The van der Waals surface area contributed by atoms with Crippen LogP contribution in [0, 0.1) is 17.0 Å². The lowest BCUT2D eigenvalue weighted by atomic mass is 10.1. The van der Waals surface area contributed by atoms with E-state index in [1.165, 1.54) is 18.2 Å². The summed E-state index contributed by atoms with van der Waals surface area (Å²) >= 11 is 1.11. The minimum atomic E-state index is -4.11. The maximum absolute atomic E-state index is 12.5. The second-order valence-corrected chi connectivity index (χ2v) is 7.74. The highest BCUT2D eigenvalue weighted by molar-refractivity contribution is 7.93. The molecule has 3 aromatic rings. The summed E-state index contributed by atoms with van der Waals surface area (Å²) in [4.78, 5) is 14.2. The number of aryl methyl sites for hydroxylation is 1. The summed E-state index contributed by atoms with van der Waals surface area (Å²) in [7, 11) is -4.11. The van der Waals surface area contributed by atoms with Crippen molar-refractivity contribution in [2.75, 3.05) is 4.72 Å². The Morgan fingerprint density at radius 2 is 1.80 bits per heavy atom. The van der Waals surface area contributed by atoms with E-state index in [1.54, 1.807) is 5.38 Å². The van der Waals surface area contributed by atoms with Crippen LogP contribution in [0.15, 0.2) is 58.8 Å². The molecule has 0 aliphatic rings. The first kappa shape index (κ1) is 17.1. The Morgan fingerprint density at radius 3 is 2.48 bits per heavy atom. The number of nitrogens with one attached hydrogen (secondary N) is 1. The molecule has 9 heteroatoms. The lowest BCUT2D eigenvalue weighted by Gasteiger charge is -2.05. The van der Waals surface area contributed by atoms with Gasteiger partial charge in [-0.3, -0.25) is 14.8 Å². The summed E-state index contributed by atoms with van der Waals surface area (Å²) in [5.74, 6) is 0. The Morgan fingerprint density at radius 1 is 1.12 bits per heavy atom. The number of rotatable bonds is 5. The number of nitro groups is 1. The molecule has 0 fully saturated rings. The number of hydrogen-bond acceptors (Lipinski definition) is 6. The fourth-order valence-electron chi connectivity index (χ4n) is 2.18. The van der Waals surface area contributed by atoms with Crippen molar-refractivity contribution in [2.45, 2.75) is 11.8 Å². The standard InChI is InChI=1S/C16H13N3O4S2/c1-11-6-8-12(9-7-11)13-10-24-16(17-13)18-25(22,23)15-5-3-2-4-14(15)19(20)21/h2-10H,1H3,(H,17,18). The van der Waals surface area contributed by atoms with E-state index in [2.05, 4.69) is 9.71 Å². The molecule has 0 atom stereocenters. The number of thiazole rings is 1. The normalized spacial score (nSPS) is 11.2. The number of para-hydroxylation sites is 1. The molecule has 0 aliphatic heterocycles. The van der Waals surface area contributed by atoms with Crippen molar-refractivity contribution in [1.82, 2.24) is 4.98 Å². The van der Waals surface area contributed by atoms with Crippen molar-refractivity contribution < 1.29 is 13.3 Å². The minimum Gasteiger partial charge on any atom is -0.258 e. The highest BCUT2D eigenvalue weighted by Crippen LogP contribution is 2.29. The summed E-state index contributed by atoms with van der Waals surface area (Å²) in [5.41, 5.74) is 2.12. The van der Waals surface area contributed by atoms with Crippen LogP contribution in [0.25, 0.3) is 11.3 Å². The monoisotopic (exact) mass is 375 g/mol. The van der Waals surface area contributed by atoms with Crippen LogP contribution in [0.1, 0.15) is 5.56 Å². The Labute approximate surface area is 148 Å². The lowest BCUT2D eigenvalue weighted by Crippen LogP contribution is -2.14. The summed E-state index contributed by atoms with van der Waals surface area (Å²) in [6.45, 7) is 1.97. The van der Waals surface area contributed by atoms with Gasteiger partial charge in [0.05, 0.1) is 10.6 Å². The molecule has 0 saturated carbocycles. The van der Waals surface area contributed by atoms with Crippen molar-refractivity contribution in [3.8, 4) is 11.3 Å². The van der Waals surface area contributed by atoms with E-state index in [9.17, 15) is 18.5 Å². The molecule has 25 heavy (non-hydrogen) atoms. The lowest BCUT2D eigenvalue weighted by molar-refractivity contribution is -0.387. The molecule has 7 nitrogen and oxygen atoms in total. The van der Waals surface area contributed by atoms with Gasteiger partial charge in [0.2, 0.25) is 0 Å². The van der Waals surface area contributed by atoms with Gasteiger partial charge in [-0.25, -0.2) is 13.4 Å². The number of benzene rings is 2. The quantitative estimate of drug-likeness (QED) is 0.539. The molecule has 0 spiro atoms. The number of aromatic nitrogens is 1. The van der Waals surface area contributed by atoms with Gasteiger partial charge in [-0.2, -0.15) is 0 Å². The molecule has 1 heterocycles. The molecular formula is C16H13N3O4S2. The Bertz CT molecular complexity index is 1030. The average molecular weight is 375 g/mol. The van der Waals surface area contributed by atoms with Crippen molar-refractivity contribution >= 4 is 32.2 Å². The fraction of sp³-hybridized carbons (Fsp3) is 0.0625. The first-order valence-electron chi connectivity index (χ1n) is 7.15. The number of nitro benzene ring substituents is 1. The van der Waals surface area contributed by atoms with Crippen molar-refractivity contribution in [3.05, 3.63) is 69.6 Å². The predicted octanol–water partition coefficient (Wildman–Crippen LogP) is 3.83. The number of anilines is 1. The fourth-order valence-corrected chi connectivity index (χ4v) is 4.33. The van der Waals surface area contributed by atoms with Crippen LogP contribution >= 0.6 is 11.3 Å². The second-order valence-electron chi connectivity index (χ2n) is 5.23. The van der Waals surface area contributed by atoms with Gasteiger partial charge in [0.15, 0.2) is 10.0 Å². The third-order valence-corrected chi connectivity index (χ3v) is 5.70. The summed E-state index contributed by atoms with van der Waals surface area (Å²) < 4.78 is 27.2. The highest BCUT2D eigenvalue weighted by Gasteiger charge is 2.26. The molecule has 1 N–H and O–H groups in total. The zero-order valence-corrected chi connectivity index (χ0v) is 14.7. The summed E-state index contributed by atoms with van der Waals surface area (Å²) in [6, 6.07) is 12.8. The van der Waals surface area contributed by atoms with Crippen LogP contribution in [0.3, 0.4) is 0 Å². The van der Waals surface area contributed by atoms with Crippen molar-refractivity contribution in [2.24, 2.45) is 0 Å². The molecular weight excluding hydrogens is 362 g/mol. The Hall–Kier alpha value is -2.78. The van der Waals surface area contributed by atoms with E-state index < -0.39 is 25.5 Å². The van der Waals surface area contributed by atoms with Gasteiger partial charge in [-0.1, -0.05) is 42.0 Å². The van der Waals surface area contributed by atoms with E-state index in [1.807, 2.05) is 31.2 Å². The summed E-state index contributed by atoms with van der Waals surface area (Å²) in [6.07, 6.45) is 0. The SMILES string of the molecule is Cc1ccc(-c2csc(NS(=O)(=O)c3ccccc3[N+](=O)[O-])n2)cc1. The molecule has 0 saturated heterocycles. The van der Waals surface area contributed by atoms with E-state index in [0.717, 1.165) is 28.5 Å². The molecule has 0 amide bonds. The van der Waals surface area contributed by atoms with Gasteiger partial charge >= 0.3 is 0 Å². The second kappa shape index (κ2) is 6.61. The van der Waals surface area contributed by atoms with Crippen molar-refractivity contribution in [3.63, 3.8) is 0 Å². The molecule has 0 radical (unpaired) electrons. The molecule has 2 aromatic carbocycles. The molecule has 0 aliphatic carbocycles. The van der Waals surface area contributed by atoms with Crippen molar-refractivity contribution in [1.29, 1.82) is 0 Å². The maximum Gasteiger partial charge on any atom is 0.289 e.